The Bertz CT molecular complexity index is 634. The topological polar surface area (TPSA) is 52.6 Å². The summed E-state index contributed by atoms with van der Waals surface area (Å²) in [4.78, 5) is 0.0888. The van der Waals surface area contributed by atoms with Gasteiger partial charge in [0.2, 0.25) is 0 Å². The number of rotatable bonds is 3. The highest BCUT2D eigenvalue weighted by Gasteiger charge is 2.41. The van der Waals surface area contributed by atoms with Crippen molar-refractivity contribution in [2.75, 3.05) is 0 Å². The second kappa shape index (κ2) is 5.09. The molecular weight excluding hydrogens is 283 g/mol. The quantitative estimate of drug-likeness (QED) is 0.636. The molecule has 0 N–H and O–H groups in total. The van der Waals surface area contributed by atoms with E-state index in [1.165, 1.54) is 13.0 Å². The van der Waals surface area contributed by atoms with Gasteiger partial charge in [-0.2, -0.15) is 8.42 Å². The first kappa shape index (κ1) is 14.8. The van der Waals surface area contributed by atoms with Gasteiger partial charge in [0.1, 0.15) is 23.0 Å². The van der Waals surface area contributed by atoms with Crippen molar-refractivity contribution in [2.45, 2.75) is 43.9 Å². The zero-order chi connectivity index (χ0) is 15.0. The molecule has 0 saturated carbocycles. The summed E-state index contributed by atoms with van der Waals surface area (Å²) >= 11 is 0. The third-order valence-corrected chi connectivity index (χ3v) is 4.71. The normalized spacial score (nSPS) is 28.4. The highest BCUT2D eigenvalue weighted by molar-refractivity contribution is 7.86. The Balaban J connectivity index is 2.17. The van der Waals surface area contributed by atoms with Crippen LogP contribution >= 0.6 is 0 Å². The molecule has 6 heteroatoms. The zero-order valence-electron chi connectivity index (χ0n) is 11.6. The fourth-order valence-electron chi connectivity index (χ4n) is 1.95. The van der Waals surface area contributed by atoms with E-state index in [1.807, 2.05) is 0 Å². The standard InChI is InChI=1S/C14H17FO4S/c1-10-6-4-5-7-13(10)20(16,17)18-9-12-8-14(3,15)11(2)19-12/h4-7,9,11H,8H2,1-3H3/b12-9-/t11-,14+/m0/s1. The number of halogens is 1. The molecule has 2 atom stereocenters. The average Bonchev–Trinajstić information content (AvgIpc) is 2.61. The van der Waals surface area contributed by atoms with E-state index in [0.29, 0.717) is 5.56 Å². The average molecular weight is 300 g/mol. The van der Waals surface area contributed by atoms with Crippen LogP contribution in [0.4, 0.5) is 4.39 Å². The SMILES string of the molecule is Cc1ccccc1S(=O)(=O)O/C=C1/C[C@@](C)(F)[C@H](C)O1. The summed E-state index contributed by atoms with van der Waals surface area (Å²) in [7, 11) is -3.91. The summed E-state index contributed by atoms with van der Waals surface area (Å²) in [6.45, 7) is 4.68. The third-order valence-electron chi connectivity index (χ3n) is 3.36. The molecule has 1 aliphatic heterocycles. The number of benzene rings is 1. The molecule has 0 unspecified atom stereocenters. The van der Waals surface area contributed by atoms with E-state index in [0.717, 1.165) is 6.26 Å². The molecule has 1 aromatic rings. The number of aryl methyl sites for hydroxylation is 1. The monoisotopic (exact) mass is 300 g/mol. The van der Waals surface area contributed by atoms with Crippen molar-refractivity contribution in [3.05, 3.63) is 41.9 Å². The van der Waals surface area contributed by atoms with Crippen molar-refractivity contribution in [1.29, 1.82) is 0 Å². The van der Waals surface area contributed by atoms with Gasteiger partial charge in [0.15, 0.2) is 5.67 Å². The summed E-state index contributed by atoms with van der Waals surface area (Å²) in [5, 5.41) is 0. The van der Waals surface area contributed by atoms with Gasteiger partial charge in [-0.25, -0.2) is 4.39 Å². The largest absolute Gasteiger partial charge is 0.488 e. The van der Waals surface area contributed by atoms with E-state index in [2.05, 4.69) is 0 Å². The molecule has 1 heterocycles. The fourth-order valence-corrected chi connectivity index (χ4v) is 3.00. The molecule has 0 aliphatic carbocycles. The lowest BCUT2D eigenvalue weighted by molar-refractivity contribution is 0.0628. The summed E-state index contributed by atoms with van der Waals surface area (Å²) in [6, 6.07) is 6.49. The molecule has 1 aromatic carbocycles. The van der Waals surface area contributed by atoms with E-state index in [4.69, 9.17) is 8.92 Å². The van der Waals surface area contributed by atoms with Crippen LogP contribution in [-0.4, -0.2) is 20.2 Å². The summed E-state index contributed by atoms with van der Waals surface area (Å²) < 4.78 is 48.0. The number of ether oxygens (including phenoxy) is 1. The molecule has 1 aliphatic rings. The van der Waals surface area contributed by atoms with Gasteiger partial charge in [-0.05, 0) is 32.4 Å². The van der Waals surface area contributed by atoms with Crippen LogP contribution in [-0.2, 0) is 19.0 Å². The van der Waals surface area contributed by atoms with Crippen LogP contribution in [0.5, 0.6) is 0 Å². The van der Waals surface area contributed by atoms with Crippen LogP contribution in [0, 0.1) is 6.92 Å². The van der Waals surface area contributed by atoms with E-state index >= 15 is 0 Å². The Morgan fingerprint density at radius 3 is 2.65 bits per heavy atom. The fraction of sp³-hybridized carbons (Fsp3) is 0.429. The minimum absolute atomic E-state index is 0.00252. The Morgan fingerprint density at radius 1 is 1.45 bits per heavy atom. The first-order valence-electron chi connectivity index (χ1n) is 6.26. The van der Waals surface area contributed by atoms with Gasteiger partial charge in [-0.1, -0.05) is 18.2 Å². The molecule has 0 amide bonds. The van der Waals surface area contributed by atoms with Crippen LogP contribution < -0.4 is 0 Å². The first-order chi connectivity index (χ1) is 9.22. The Labute approximate surface area is 118 Å². The second-order valence-electron chi connectivity index (χ2n) is 5.11. The number of hydrogen-bond donors (Lipinski definition) is 0. The van der Waals surface area contributed by atoms with Gasteiger partial charge >= 0.3 is 10.1 Å². The van der Waals surface area contributed by atoms with Crippen molar-refractivity contribution >= 4 is 10.1 Å². The molecule has 4 nitrogen and oxygen atoms in total. The van der Waals surface area contributed by atoms with Crippen molar-refractivity contribution in [3.63, 3.8) is 0 Å². The number of alkyl halides is 1. The smallest absolute Gasteiger partial charge is 0.339 e. The first-order valence-corrected chi connectivity index (χ1v) is 7.67. The van der Waals surface area contributed by atoms with E-state index < -0.39 is 21.9 Å². The lowest BCUT2D eigenvalue weighted by Gasteiger charge is -2.14. The zero-order valence-corrected chi connectivity index (χ0v) is 12.4. The Kier molecular flexibility index (Phi) is 3.77. The van der Waals surface area contributed by atoms with Crippen LogP contribution in [0.2, 0.25) is 0 Å². The molecule has 1 saturated heterocycles. The maximum absolute atomic E-state index is 13.9. The predicted octanol–water partition coefficient (Wildman–Crippen LogP) is 3.08. The predicted molar refractivity (Wildman–Crippen MR) is 72.2 cm³/mol. The molecule has 2 rings (SSSR count). The van der Waals surface area contributed by atoms with Gasteiger partial charge < -0.3 is 8.92 Å². The number of allylic oxidation sites excluding steroid dienone is 1. The lowest BCUT2D eigenvalue weighted by Crippen LogP contribution is -2.26. The Hall–Kier alpha value is -1.56. The number of hydrogen-bond acceptors (Lipinski definition) is 4. The van der Waals surface area contributed by atoms with E-state index in [1.54, 1.807) is 32.0 Å². The van der Waals surface area contributed by atoms with Crippen LogP contribution in [0.15, 0.2) is 41.2 Å². The van der Waals surface area contributed by atoms with E-state index in [-0.39, 0.29) is 17.1 Å². The summed E-state index contributed by atoms with van der Waals surface area (Å²) in [5.41, 5.74) is -0.927. The second-order valence-corrected chi connectivity index (χ2v) is 6.66. The van der Waals surface area contributed by atoms with Gasteiger partial charge in [0.25, 0.3) is 0 Å². The molecule has 0 spiro atoms. The van der Waals surface area contributed by atoms with Crippen molar-refractivity contribution in [1.82, 2.24) is 0 Å². The van der Waals surface area contributed by atoms with Crippen molar-refractivity contribution < 1.29 is 21.7 Å². The van der Waals surface area contributed by atoms with Crippen molar-refractivity contribution in [2.24, 2.45) is 0 Å². The highest BCUT2D eigenvalue weighted by Crippen LogP contribution is 2.36. The lowest BCUT2D eigenvalue weighted by atomic mass is 10.0. The molecule has 110 valence electrons. The molecule has 20 heavy (non-hydrogen) atoms. The summed E-state index contributed by atoms with van der Waals surface area (Å²) in [6.07, 6.45) is 0.346. The van der Waals surface area contributed by atoms with Gasteiger partial charge in [0.05, 0.1) is 0 Å². The summed E-state index contributed by atoms with van der Waals surface area (Å²) in [5.74, 6) is 0.194. The maximum Gasteiger partial charge on any atom is 0.339 e. The molecule has 0 bridgehead atoms. The van der Waals surface area contributed by atoms with Crippen LogP contribution in [0.3, 0.4) is 0 Å². The molecular formula is C14H17FO4S. The maximum atomic E-state index is 13.9. The Morgan fingerprint density at radius 2 is 2.10 bits per heavy atom. The van der Waals surface area contributed by atoms with Crippen LogP contribution in [0.1, 0.15) is 25.8 Å². The molecule has 0 aromatic heterocycles. The van der Waals surface area contributed by atoms with Crippen molar-refractivity contribution in [3.8, 4) is 0 Å². The van der Waals surface area contributed by atoms with Gasteiger partial charge in [0, 0.05) is 6.42 Å². The van der Waals surface area contributed by atoms with Crippen LogP contribution in [0.25, 0.3) is 0 Å². The highest BCUT2D eigenvalue weighted by atomic mass is 32.2. The van der Waals surface area contributed by atoms with E-state index in [9.17, 15) is 12.8 Å². The molecule has 1 fully saturated rings. The molecule has 0 radical (unpaired) electrons. The van der Waals surface area contributed by atoms with Gasteiger partial charge in [-0.15, -0.1) is 0 Å². The minimum Gasteiger partial charge on any atom is -0.488 e. The third kappa shape index (κ3) is 2.95. The minimum atomic E-state index is -3.91. The van der Waals surface area contributed by atoms with Gasteiger partial charge in [-0.3, -0.25) is 0 Å².